The molecule has 0 aromatic carbocycles. The van der Waals surface area contributed by atoms with Crippen LogP contribution in [-0.4, -0.2) is 38.5 Å². The Morgan fingerprint density at radius 2 is 2.24 bits per heavy atom. The van der Waals surface area contributed by atoms with Crippen LogP contribution in [-0.2, 0) is 11.3 Å². The molecule has 92 valence electrons. The molecule has 1 aliphatic rings. The summed E-state index contributed by atoms with van der Waals surface area (Å²) in [7, 11) is 0. The molecule has 1 aliphatic heterocycles. The predicted octanol–water partition coefficient (Wildman–Crippen LogP) is 1.16. The van der Waals surface area contributed by atoms with Gasteiger partial charge in [0.05, 0.1) is 6.54 Å². The van der Waals surface area contributed by atoms with Crippen molar-refractivity contribution < 1.29 is 9.90 Å². The third-order valence-corrected chi connectivity index (χ3v) is 3.22. The van der Waals surface area contributed by atoms with Gasteiger partial charge in [-0.15, -0.1) is 0 Å². The number of rotatable bonds is 3. The third-order valence-electron chi connectivity index (χ3n) is 3.22. The maximum atomic E-state index is 11.2. The van der Waals surface area contributed by atoms with Gasteiger partial charge in [-0.05, 0) is 31.4 Å². The first-order chi connectivity index (χ1) is 8.16. The average molecular weight is 235 g/mol. The zero-order valence-corrected chi connectivity index (χ0v) is 9.91. The number of piperidine rings is 1. The van der Waals surface area contributed by atoms with Crippen LogP contribution in [0.5, 0.6) is 0 Å². The lowest BCUT2D eigenvalue weighted by atomic mass is 9.92. The highest BCUT2D eigenvalue weighted by molar-refractivity contribution is 5.73. The summed E-state index contributed by atoms with van der Waals surface area (Å²) in [5.74, 6) is 0.421. The quantitative estimate of drug-likeness (QED) is 0.851. The summed E-state index contributed by atoms with van der Waals surface area (Å²) in [5.41, 5.74) is 0. The number of carboxylic acid groups (broad SMARTS) is 1. The van der Waals surface area contributed by atoms with Crippen LogP contribution in [0.2, 0.25) is 0 Å². The van der Waals surface area contributed by atoms with E-state index in [1.807, 2.05) is 4.90 Å². The summed E-state index contributed by atoms with van der Waals surface area (Å²) < 4.78 is 0. The van der Waals surface area contributed by atoms with Gasteiger partial charge in [-0.25, -0.2) is 9.97 Å². The van der Waals surface area contributed by atoms with Gasteiger partial charge in [0, 0.05) is 12.4 Å². The second-order valence-corrected chi connectivity index (χ2v) is 4.62. The van der Waals surface area contributed by atoms with Gasteiger partial charge in [0.1, 0.15) is 11.9 Å². The minimum absolute atomic E-state index is 0.400. The first-order valence-corrected chi connectivity index (χ1v) is 5.89. The lowest BCUT2D eigenvalue weighted by molar-refractivity contribution is -0.145. The van der Waals surface area contributed by atoms with Crippen molar-refractivity contribution in [3.8, 4) is 0 Å². The lowest BCUT2D eigenvalue weighted by Crippen LogP contribution is -2.46. The summed E-state index contributed by atoms with van der Waals surface area (Å²) in [6, 6.07) is 1.36. The summed E-state index contributed by atoms with van der Waals surface area (Å²) >= 11 is 0. The molecule has 1 aromatic rings. The van der Waals surface area contributed by atoms with Gasteiger partial charge in [-0.3, -0.25) is 9.69 Å². The highest BCUT2D eigenvalue weighted by Gasteiger charge is 2.31. The fraction of sp³-hybridized carbons (Fsp3) is 0.583. The Balaban J connectivity index is 2.06. The predicted molar refractivity (Wildman–Crippen MR) is 62.3 cm³/mol. The Morgan fingerprint density at radius 1 is 1.53 bits per heavy atom. The van der Waals surface area contributed by atoms with E-state index < -0.39 is 12.0 Å². The highest BCUT2D eigenvalue weighted by atomic mass is 16.4. The van der Waals surface area contributed by atoms with Crippen molar-refractivity contribution in [1.29, 1.82) is 0 Å². The molecule has 2 unspecified atom stereocenters. The number of hydrogen-bond donors (Lipinski definition) is 1. The minimum Gasteiger partial charge on any atom is -0.480 e. The Bertz CT molecular complexity index is 383. The molecule has 1 aromatic heterocycles. The molecule has 5 nitrogen and oxygen atoms in total. The number of aromatic nitrogens is 2. The normalized spacial score (nSPS) is 25.7. The largest absolute Gasteiger partial charge is 0.480 e. The molecule has 0 saturated carbocycles. The van der Waals surface area contributed by atoms with E-state index >= 15 is 0 Å². The third kappa shape index (κ3) is 3.00. The van der Waals surface area contributed by atoms with Crippen molar-refractivity contribution in [2.75, 3.05) is 6.54 Å². The van der Waals surface area contributed by atoms with E-state index in [4.69, 9.17) is 0 Å². The van der Waals surface area contributed by atoms with E-state index in [0.29, 0.717) is 24.7 Å². The molecule has 1 fully saturated rings. The fourth-order valence-corrected chi connectivity index (χ4v) is 2.23. The topological polar surface area (TPSA) is 66.3 Å². The van der Waals surface area contributed by atoms with E-state index in [-0.39, 0.29) is 0 Å². The Kier molecular flexibility index (Phi) is 3.68. The SMILES string of the molecule is CC1CCN(Cc2ncccn2)C(C(=O)O)C1. The molecule has 0 amide bonds. The van der Waals surface area contributed by atoms with Crippen molar-refractivity contribution >= 4 is 5.97 Å². The van der Waals surface area contributed by atoms with Gasteiger partial charge in [-0.1, -0.05) is 6.92 Å². The van der Waals surface area contributed by atoms with Crippen molar-refractivity contribution in [3.63, 3.8) is 0 Å². The van der Waals surface area contributed by atoms with E-state index in [1.165, 1.54) is 0 Å². The fourth-order valence-electron chi connectivity index (χ4n) is 2.23. The van der Waals surface area contributed by atoms with E-state index in [1.54, 1.807) is 18.5 Å². The van der Waals surface area contributed by atoms with Crippen molar-refractivity contribution in [2.45, 2.75) is 32.4 Å². The van der Waals surface area contributed by atoms with Crippen LogP contribution in [0.3, 0.4) is 0 Å². The van der Waals surface area contributed by atoms with Crippen LogP contribution in [0.1, 0.15) is 25.6 Å². The molecule has 2 rings (SSSR count). The molecular formula is C12H17N3O2. The van der Waals surface area contributed by atoms with Gasteiger partial charge >= 0.3 is 5.97 Å². The Hall–Kier alpha value is -1.49. The maximum absolute atomic E-state index is 11.2. The molecule has 0 radical (unpaired) electrons. The minimum atomic E-state index is -0.743. The van der Waals surface area contributed by atoms with Crippen LogP contribution in [0, 0.1) is 5.92 Å². The summed E-state index contributed by atoms with van der Waals surface area (Å²) in [6.45, 7) is 3.42. The van der Waals surface area contributed by atoms with Crippen LogP contribution in [0.25, 0.3) is 0 Å². The Morgan fingerprint density at radius 3 is 2.88 bits per heavy atom. The standard InChI is InChI=1S/C12H17N3O2/c1-9-3-6-15(10(7-9)12(16)17)8-11-13-4-2-5-14-11/h2,4-5,9-10H,3,6-8H2,1H3,(H,16,17). The first kappa shape index (κ1) is 12.0. The summed E-state index contributed by atoms with van der Waals surface area (Å²) in [4.78, 5) is 21.5. The van der Waals surface area contributed by atoms with E-state index in [9.17, 15) is 9.90 Å². The highest BCUT2D eigenvalue weighted by Crippen LogP contribution is 2.23. The first-order valence-electron chi connectivity index (χ1n) is 5.89. The molecule has 0 spiro atoms. The number of hydrogen-bond acceptors (Lipinski definition) is 4. The van der Waals surface area contributed by atoms with Gasteiger partial charge in [0.2, 0.25) is 0 Å². The number of nitrogens with zero attached hydrogens (tertiary/aromatic N) is 3. The van der Waals surface area contributed by atoms with Crippen LogP contribution in [0.4, 0.5) is 0 Å². The summed E-state index contributed by atoms with van der Waals surface area (Å²) in [6.07, 6.45) is 5.12. The van der Waals surface area contributed by atoms with Gasteiger partial charge < -0.3 is 5.11 Å². The second-order valence-electron chi connectivity index (χ2n) is 4.62. The smallest absolute Gasteiger partial charge is 0.320 e. The zero-order chi connectivity index (χ0) is 12.3. The van der Waals surface area contributed by atoms with Crippen LogP contribution in [0.15, 0.2) is 18.5 Å². The van der Waals surface area contributed by atoms with Crippen molar-refractivity contribution in [3.05, 3.63) is 24.3 Å². The maximum Gasteiger partial charge on any atom is 0.320 e. The molecule has 1 saturated heterocycles. The molecule has 2 atom stereocenters. The number of carbonyl (C=O) groups is 1. The van der Waals surface area contributed by atoms with Crippen molar-refractivity contribution in [2.24, 2.45) is 5.92 Å². The van der Waals surface area contributed by atoms with E-state index in [0.717, 1.165) is 13.0 Å². The Labute approximate surface area is 100 Å². The number of aliphatic carboxylic acids is 1. The molecule has 0 bridgehead atoms. The molecule has 17 heavy (non-hydrogen) atoms. The second kappa shape index (κ2) is 5.23. The van der Waals surface area contributed by atoms with Crippen LogP contribution >= 0.6 is 0 Å². The molecule has 5 heteroatoms. The van der Waals surface area contributed by atoms with Crippen molar-refractivity contribution in [1.82, 2.24) is 14.9 Å². The molecule has 1 N–H and O–H groups in total. The lowest BCUT2D eigenvalue weighted by Gasteiger charge is -2.35. The van der Waals surface area contributed by atoms with E-state index in [2.05, 4.69) is 16.9 Å². The monoisotopic (exact) mass is 235 g/mol. The van der Waals surface area contributed by atoms with Gasteiger partial charge in [0.25, 0.3) is 0 Å². The van der Waals surface area contributed by atoms with Crippen LogP contribution < -0.4 is 0 Å². The molecule has 0 aliphatic carbocycles. The average Bonchev–Trinajstić information content (AvgIpc) is 2.32. The van der Waals surface area contributed by atoms with Gasteiger partial charge in [0.15, 0.2) is 0 Å². The molecular weight excluding hydrogens is 218 g/mol. The number of likely N-dealkylation sites (tertiary alicyclic amines) is 1. The van der Waals surface area contributed by atoms with Gasteiger partial charge in [-0.2, -0.15) is 0 Å². The zero-order valence-electron chi connectivity index (χ0n) is 9.91. The molecule has 2 heterocycles. The summed E-state index contributed by atoms with van der Waals surface area (Å²) in [5, 5.41) is 9.22. The number of carboxylic acids is 1.